The van der Waals surface area contributed by atoms with Crippen LogP contribution in [0.5, 0.6) is 17.2 Å². The molecule has 5 rings (SSSR count). The average molecular weight is 782 g/mol. The van der Waals surface area contributed by atoms with Crippen molar-refractivity contribution >= 4 is 23.5 Å². The molecule has 0 aromatic heterocycles. The van der Waals surface area contributed by atoms with Gasteiger partial charge in [-0.1, -0.05) is 78.9 Å². The molecule has 4 N–H and O–H groups in total. The van der Waals surface area contributed by atoms with Crippen LogP contribution >= 0.6 is 0 Å². The normalized spacial score (nSPS) is 11.1. The molecule has 0 fully saturated rings. The Hall–Kier alpha value is -6.35. The van der Waals surface area contributed by atoms with Crippen LogP contribution in [0.4, 0.5) is 32.0 Å². The van der Waals surface area contributed by atoms with E-state index in [1.807, 2.05) is 66.7 Å². The lowest BCUT2D eigenvalue weighted by Gasteiger charge is -2.25. The third kappa shape index (κ3) is 12.3. The number of alkyl halides is 6. The predicted octanol–water partition coefficient (Wildman–Crippen LogP) is 8.90. The highest BCUT2D eigenvalue weighted by Crippen LogP contribution is 2.35. The third-order valence-electron chi connectivity index (χ3n) is 8.14. The molecule has 0 saturated carbocycles. The molecular weight excluding hydrogens is 744 g/mol. The van der Waals surface area contributed by atoms with Crippen LogP contribution in [-0.4, -0.2) is 36.2 Å². The molecule has 0 atom stereocenters. The van der Waals surface area contributed by atoms with E-state index in [-0.39, 0.29) is 37.4 Å². The number of anilines is 1. The number of carboxylic acid groups (broad SMARTS) is 1. The van der Waals surface area contributed by atoms with Crippen molar-refractivity contribution in [1.29, 1.82) is 0 Å². The first-order valence-corrected chi connectivity index (χ1v) is 16.9. The number of nitrogens with two attached hydrogens (primary N) is 1. The summed E-state index contributed by atoms with van der Waals surface area (Å²) < 4.78 is 83.5. The minimum Gasteiger partial charge on any atom is -0.497 e. The maximum atomic E-state index is 13.9. The molecule has 2 amide bonds. The van der Waals surface area contributed by atoms with Crippen LogP contribution in [-0.2, 0) is 40.2 Å². The topological polar surface area (TPSA) is 131 Å². The Bertz CT molecular complexity index is 2090. The lowest BCUT2D eigenvalue weighted by atomic mass is 10.0. The molecule has 5 aromatic carbocycles. The summed E-state index contributed by atoms with van der Waals surface area (Å²) in [5.41, 5.74) is 9.13. The molecule has 56 heavy (non-hydrogen) atoms. The predicted molar refractivity (Wildman–Crippen MR) is 197 cm³/mol. The fourth-order valence-electron chi connectivity index (χ4n) is 5.29. The van der Waals surface area contributed by atoms with Crippen molar-refractivity contribution in [2.75, 3.05) is 12.0 Å². The van der Waals surface area contributed by atoms with Gasteiger partial charge in [0.25, 0.3) is 0 Å². The summed E-state index contributed by atoms with van der Waals surface area (Å²) >= 11 is 0. The first-order valence-electron chi connectivity index (χ1n) is 16.9. The highest BCUT2D eigenvalue weighted by molar-refractivity contribution is 5.96. The minimum atomic E-state index is -5.08. The standard InChI is InChI=1S/C39H36F3N3O4.C2HF3O2/c1-48-32-19-17-30(18-20-32)29-15-13-27(14-16-29)26-45(35-11-4-5-12-36(35)49-33-9-6-7-28(23-33)24-43)38(47)22-21-37(46)44-25-31-8-2-3-10-34(31)39(40,41)42;3-2(4,5)1(6)7/h2-20,23H,21-22,24-26,43H2,1H3,(H,44,46);(H,6,7). The van der Waals surface area contributed by atoms with E-state index >= 15 is 0 Å². The fourth-order valence-corrected chi connectivity index (χ4v) is 5.29. The molecule has 0 saturated heterocycles. The number of benzene rings is 5. The van der Waals surface area contributed by atoms with Crippen molar-refractivity contribution in [3.63, 3.8) is 0 Å². The molecule has 294 valence electrons. The summed E-state index contributed by atoms with van der Waals surface area (Å²) in [4.78, 5) is 37.1. The number of para-hydroxylation sites is 2. The Balaban J connectivity index is 0.000000908. The minimum absolute atomic E-state index is 0.0563. The van der Waals surface area contributed by atoms with Gasteiger partial charge in [-0.3, -0.25) is 9.59 Å². The lowest BCUT2D eigenvalue weighted by Crippen LogP contribution is -2.32. The Kier molecular flexibility index (Phi) is 14.6. The van der Waals surface area contributed by atoms with E-state index in [4.69, 9.17) is 25.1 Å². The molecular formula is C41H37F6N3O6. The Labute approximate surface area is 318 Å². The van der Waals surface area contributed by atoms with Gasteiger partial charge in [-0.15, -0.1) is 0 Å². The maximum absolute atomic E-state index is 13.9. The summed E-state index contributed by atoms with van der Waals surface area (Å²) in [6.45, 7) is 0.191. The van der Waals surface area contributed by atoms with Crippen LogP contribution < -0.4 is 25.4 Å². The number of nitrogens with one attached hydrogen (secondary N) is 1. The highest BCUT2D eigenvalue weighted by Gasteiger charge is 2.38. The van der Waals surface area contributed by atoms with Gasteiger partial charge in [-0.25, -0.2) is 4.79 Å². The van der Waals surface area contributed by atoms with E-state index in [1.165, 1.54) is 18.2 Å². The van der Waals surface area contributed by atoms with Crippen molar-refractivity contribution in [3.05, 3.63) is 144 Å². The number of carbonyl (C=O) groups excluding carboxylic acids is 2. The molecule has 0 radical (unpaired) electrons. The van der Waals surface area contributed by atoms with E-state index in [9.17, 15) is 35.9 Å². The van der Waals surface area contributed by atoms with E-state index in [2.05, 4.69) is 5.32 Å². The molecule has 0 aliphatic rings. The Morgan fingerprint density at radius 1 is 0.732 bits per heavy atom. The number of hydrogen-bond acceptors (Lipinski definition) is 6. The van der Waals surface area contributed by atoms with Crippen LogP contribution in [0.15, 0.2) is 121 Å². The number of aliphatic carboxylic acids is 1. The number of halogens is 6. The van der Waals surface area contributed by atoms with Gasteiger partial charge in [0, 0.05) is 25.9 Å². The molecule has 0 aliphatic heterocycles. The number of rotatable bonds is 13. The summed E-state index contributed by atoms with van der Waals surface area (Å²) in [5.74, 6) is -1.94. The number of ether oxygens (including phenoxy) is 2. The van der Waals surface area contributed by atoms with Crippen molar-refractivity contribution < 1.29 is 55.3 Å². The molecule has 0 bridgehead atoms. The van der Waals surface area contributed by atoms with E-state index in [0.29, 0.717) is 23.7 Å². The van der Waals surface area contributed by atoms with Crippen LogP contribution in [0.1, 0.15) is 35.1 Å². The number of nitrogens with zero attached hydrogens (tertiary/aromatic N) is 1. The van der Waals surface area contributed by atoms with Crippen molar-refractivity contribution in [1.82, 2.24) is 5.32 Å². The number of carbonyl (C=O) groups is 3. The highest BCUT2D eigenvalue weighted by atomic mass is 19.4. The van der Waals surface area contributed by atoms with Gasteiger partial charge in [0.15, 0.2) is 5.75 Å². The Morgan fingerprint density at radius 2 is 1.34 bits per heavy atom. The SMILES string of the molecule is COc1ccc(-c2ccc(CN(C(=O)CCC(=O)NCc3ccccc3C(F)(F)F)c3ccccc3Oc3cccc(CN)c3)cc2)cc1.O=C(O)C(F)(F)F. The molecule has 0 aliphatic carbocycles. The number of amides is 2. The van der Waals surface area contributed by atoms with Crippen molar-refractivity contribution in [2.45, 2.75) is 44.8 Å². The van der Waals surface area contributed by atoms with E-state index in [1.54, 1.807) is 42.3 Å². The summed E-state index contributed by atoms with van der Waals surface area (Å²) in [5, 5.41) is 9.65. The quantitative estimate of drug-likeness (QED) is 0.102. The molecule has 15 heteroatoms. The van der Waals surface area contributed by atoms with Gasteiger partial charge >= 0.3 is 18.3 Å². The van der Waals surface area contributed by atoms with Gasteiger partial charge in [0.2, 0.25) is 11.8 Å². The van der Waals surface area contributed by atoms with Crippen LogP contribution in [0.25, 0.3) is 11.1 Å². The average Bonchev–Trinajstić information content (AvgIpc) is 3.18. The number of hydrogen-bond donors (Lipinski definition) is 3. The van der Waals surface area contributed by atoms with Gasteiger partial charge in [0.1, 0.15) is 11.5 Å². The smallest absolute Gasteiger partial charge is 0.490 e. The second kappa shape index (κ2) is 19.3. The van der Waals surface area contributed by atoms with Crippen molar-refractivity contribution in [3.8, 4) is 28.4 Å². The molecule has 0 heterocycles. The molecule has 0 spiro atoms. The van der Waals surface area contributed by atoms with Crippen LogP contribution in [0.3, 0.4) is 0 Å². The van der Waals surface area contributed by atoms with Crippen molar-refractivity contribution in [2.24, 2.45) is 5.73 Å². The largest absolute Gasteiger partial charge is 0.497 e. The molecule has 5 aromatic rings. The monoisotopic (exact) mass is 781 g/mol. The first kappa shape index (κ1) is 42.4. The van der Waals surface area contributed by atoms with Gasteiger partial charge in [-0.05, 0) is 70.3 Å². The van der Waals surface area contributed by atoms with E-state index < -0.39 is 29.8 Å². The van der Waals surface area contributed by atoms with Gasteiger partial charge in [-0.2, -0.15) is 26.3 Å². The summed E-state index contributed by atoms with van der Waals surface area (Å²) in [6.07, 6.45) is -10.0. The van der Waals surface area contributed by atoms with Gasteiger partial charge in [0.05, 0.1) is 24.9 Å². The fraction of sp³-hybridized carbons (Fsp3) is 0.195. The summed E-state index contributed by atoms with van der Waals surface area (Å²) in [6, 6.07) is 35.0. The molecule has 9 nitrogen and oxygen atoms in total. The van der Waals surface area contributed by atoms with E-state index in [0.717, 1.165) is 34.1 Å². The maximum Gasteiger partial charge on any atom is 0.490 e. The zero-order chi connectivity index (χ0) is 40.9. The third-order valence-corrected chi connectivity index (χ3v) is 8.14. The zero-order valence-corrected chi connectivity index (χ0v) is 29.9. The number of carboxylic acids is 1. The lowest BCUT2D eigenvalue weighted by molar-refractivity contribution is -0.192. The van der Waals surface area contributed by atoms with Gasteiger partial charge < -0.3 is 30.5 Å². The van der Waals surface area contributed by atoms with Crippen LogP contribution in [0.2, 0.25) is 0 Å². The second-order valence-electron chi connectivity index (χ2n) is 12.1. The first-order chi connectivity index (χ1) is 26.6. The Morgan fingerprint density at radius 3 is 1.95 bits per heavy atom. The van der Waals surface area contributed by atoms with Crippen LogP contribution in [0, 0.1) is 0 Å². The second-order valence-corrected chi connectivity index (χ2v) is 12.1. The summed E-state index contributed by atoms with van der Waals surface area (Å²) in [7, 11) is 1.61. The molecule has 0 unspecified atom stereocenters. The number of methoxy groups -OCH3 is 1. The zero-order valence-electron chi connectivity index (χ0n) is 29.9.